The predicted molar refractivity (Wildman–Crippen MR) is 133 cm³/mol. The van der Waals surface area contributed by atoms with Crippen LogP contribution in [0.4, 0.5) is 5.95 Å². The Kier molecular flexibility index (Phi) is 7.27. The van der Waals surface area contributed by atoms with Crippen LogP contribution in [-0.4, -0.2) is 48.1 Å². The number of nitrogens with zero attached hydrogens (tertiary/aromatic N) is 4. The first-order chi connectivity index (χ1) is 16.3. The van der Waals surface area contributed by atoms with Crippen molar-refractivity contribution in [3.8, 4) is 28.0 Å². The largest absolute Gasteiger partial charge is 0.494 e. The molecule has 0 unspecified atom stereocenters. The molecule has 34 heavy (non-hydrogen) atoms. The SMILES string of the molecule is COc1cccc(OC)c1-n1c(NS(=O)(=O)CCc2ccc(Cl)cc2)nnc1-c1ncc(Cl)s1. The van der Waals surface area contributed by atoms with Crippen molar-refractivity contribution in [1.29, 1.82) is 0 Å². The predicted octanol–water partition coefficient (Wildman–Crippen LogP) is 4.70. The molecule has 0 spiro atoms. The monoisotopic (exact) mass is 539 g/mol. The maximum atomic E-state index is 13.0. The van der Waals surface area contributed by atoms with E-state index >= 15 is 0 Å². The van der Waals surface area contributed by atoms with Gasteiger partial charge < -0.3 is 9.47 Å². The van der Waals surface area contributed by atoms with Crippen molar-refractivity contribution in [3.63, 3.8) is 0 Å². The number of anilines is 1. The number of benzene rings is 2. The number of hydrogen-bond donors (Lipinski definition) is 1. The number of hydrogen-bond acceptors (Lipinski definition) is 8. The zero-order chi connectivity index (χ0) is 24.3. The van der Waals surface area contributed by atoms with Crippen molar-refractivity contribution in [2.45, 2.75) is 6.42 Å². The number of rotatable bonds is 9. The van der Waals surface area contributed by atoms with Gasteiger partial charge in [0.1, 0.15) is 21.5 Å². The minimum Gasteiger partial charge on any atom is -0.494 e. The van der Waals surface area contributed by atoms with Crippen molar-refractivity contribution in [2.24, 2.45) is 0 Å². The van der Waals surface area contributed by atoms with Crippen LogP contribution in [0.3, 0.4) is 0 Å². The second kappa shape index (κ2) is 10.2. The molecule has 0 atom stereocenters. The molecule has 0 fully saturated rings. The number of aromatic nitrogens is 4. The number of para-hydroxylation sites is 1. The molecule has 0 bridgehead atoms. The average Bonchev–Trinajstić information content (AvgIpc) is 3.43. The van der Waals surface area contributed by atoms with E-state index in [1.165, 1.54) is 36.3 Å². The van der Waals surface area contributed by atoms with E-state index < -0.39 is 10.0 Å². The summed E-state index contributed by atoms with van der Waals surface area (Å²) in [5.74, 6) is 0.896. The third-order valence-corrected chi connectivity index (χ3v) is 7.37. The lowest BCUT2D eigenvalue weighted by molar-refractivity contribution is 0.391. The number of thiazole rings is 1. The molecule has 13 heteroatoms. The summed E-state index contributed by atoms with van der Waals surface area (Å²) in [7, 11) is -0.810. The van der Waals surface area contributed by atoms with E-state index in [2.05, 4.69) is 19.9 Å². The lowest BCUT2D eigenvalue weighted by atomic mass is 10.2. The molecule has 4 aromatic rings. The van der Waals surface area contributed by atoms with Gasteiger partial charge in [0.25, 0.3) is 0 Å². The fourth-order valence-corrected chi connectivity index (χ4v) is 5.23. The summed E-state index contributed by atoms with van der Waals surface area (Å²) in [4.78, 5) is 4.27. The van der Waals surface area contributed by atoms with Crippen LogP contribution >= 0.6 is 34.5 Å². The standard InChI is InChI=1S/C21H19Cl2N5O4S2/c1-31-15-4-3-5-16(32-2)18(15)28-19(20-24-12-17(23)33-20)25-26-21(28)27-34(29,30)11-10-13-6-8-14(22)9-7-13/h3-9,12H,10-11H2,1-2H3,(H,26,27). The smallest absolute Gasteiger partial charge is 0.243 e. The van der Waals surface area contributed by atoms with Gasteiger partial charge in [0.05, 0.1) is 26.2 Å². The highest BCUT2D eigenvalue weighted by molar-refractivity contribution is 7.92. The highest BCUT2D eigenvalue weighted by atomic mass is 35.5. The van der Waals surface area contributed by atoms with Crippen LogP contribution in [0.25, 0.3) is 16.5 Å². The molecule has 0 aliphatic heterocycles. The van der Waals surface area contributed by atoms with Gasteiger partial charge in [-0.3, -0.25) is 9.29 Å². The molecule has 9 nitrogen and oxygen atoms in total. The lowest BCUT2D eigenvalue weighted by Crippen LogP contribution is -2.21. The Hall–Kier alpha value is -2.86. The summed E-state index contributed by atoms with van der Waals surface area (Å²) >= 11 is 13.2. The molecule has 1 N–H and O–H groups in total. The third kappa shape index (κ3) is 5.27. The van der Waals surface area contributed by atoms with Gasteiger partial charge in [0.15, 0.2) is 10.8 Å². The summed E-state index contributed by atoms with van der Waals surface area (Å²) in [5.41, 5.74) is 1.25. The van der Waals surface area contributed by atoms with Crippen molar-refractivity contribution in [3.05, 3.63) is 63.6 Å². The molecule has 2 aromatic carbocycles. The summed E-state index contributed by atoms with van der Waals surface area (Å²) in [6, 6.07) is 12.2. The Morgan fingerprint density at radius 3 is 2.29 bits per heavy atom. The highest BCUT2D eigenvalue weighted by Gasteiger charge is 2.26. The van der Waals surface area contributed by atoms with Gasteiger partial charge in [-0.1, -0.05) is 52.7 Å². The van der Waals surface area contributed by atoms with Crippen LogP contribution in [0.5, 0.6) is 11.5 Å². The van der Waals surface area contributed by atoms with Crippen molar-refractivity contribution in [2.75, 3.05) is 24.7 Å². The quantitative estimate of drug-likeness (QED) is 0.328. The third-order valence-electron chi connectivity index (χ3n) is 4.78. The maximum Gasteiger partial charge on any atom is 0.243 e. The van der Waals surface area contributed by atoms with Crippen LogP contribution in [0.1, 0.15) is 5.56 Å². The summed E-state index contributed by atoms with van der Waals surface area (Å²) in [6.45, 7) is 0. The van der Waals surface area contributed by atoms with E-state index in [4.69, 9.17) is 32.7 Å². The van der Waals surface area contributed by atoms with Gasteiger partial charge in [0.2, 0.25) is 16.0 Å². The first-order valence-electron chi connectivity index (χ1n) is 9.84. The molecule has 178 valence electrons. The summed E-state index contributed by atoms with van der Waals surface area (Å²) in [6.07, 6.45) is 1.77. The molecule has 0 aliphatic rings. The van der Waals surface area contributed by atoms with E-state index in [0.717, 1.165) is 5.56 Å². The van der Waals surface area contributed by atoms with Gasteiger partial charge in [-0.25, -0.2) is 13.4 Å². The number of nitrogens with one attached hydrogen (secondary N) is 1. The second-order valence-electron chi connectivity index (χ2n) is 6.96. The van der Waals surface area contributed by atoms with E-state index in [0.29, 0.717) is 31.6 Å². The van der Waals surface area contributed by atoms with E-state index in [-0.39, 0.29) is 23.9 Å². The number of ether oxygens (including phenoxy) is 2. The Bertz CT molecular complexity index is 1380. The van der Waals surface area contributed by atoms with Crippen molar-refractivity contribution in [1.82, 2.24) is 19.7 Å². The first kappa shape index (κ1) is 24.3. The molecule has 0 aliphatic carbocycles. The van der Waals surface area contributed by atoms with Crippen LogP contribution in [0.2, 0.25) is 9.36 Å². The van der Waals surface area contributed by atoms with Crippen LogP contribution in [0, 0.1) is 0 Å². The molecule has 0 saturated carbocycles. The molecule has 0 saturated heterocycles. The number of halogens is 2. The molecule has 4 rings (SSSR count). The van der Waals surface area contributed by atoms with E-state index in [9.17, 15) is 8.42 Å². The van der Waals surface area contributed by atoms with Crippen LogP contribution < -0.4 is 14.2 Å². The Morgan fingerprint density at radius 1 is 1.03 bits per heavy atom. The maximum absolute atomic E-state index is 13.0. The number of sulfonamides is 1. The van der Waals surface area contributed by atoms with Gasteiger partial charge in [-0.2, -0.15) is 0 Å². The highest BCUT2D eigenvalue weighted by Crippen LogP contribution is 2.38. The Labute approximate surface area is 210 Å². The minimum absolute atomic E-state index is 0.0415. The molecule has 0 radical (unpaired) electrons. The zero-order valence-electron chi connectivity index (χ0n) is 18.0. The molecule has 2 heterocycles. The van der Waals surface area contributed by atoms with Crippen LogP contribution in [0.15, 0.2) is 48.7 Å². The molecular weight excluding hydrogens is 521 g/mol. The van der Waals surface area contributed by atoms with E-state index in [1.807, 2.05) is 0 Å². The number of methoxy groups -OCH3 is 2. The van der Waals surface area contributed by atoms with Gasteiger partial charge in [-0.05, 0) is 36.2 Å². The topological polar surface area (TPSA) is 108 Å². The van der Waals surface area contributed by atoms with Crippen LogP contribution in [-0.2, 0) is 16.4 Å². The lowest BCUT2D eigenvalue weighted by Gasteiger charge is -2.17. The normalized spacial score (nSPS) is 11.4. The van der Waals surface area contributed by atoms with Gasteiger partial charge in [-0.15, -0.1) is 10.2 Å². The summed E-state index contributed by atoms with van der Waals surface area (Å²) < 4.78 is 41.4. The number of aryl methyl sites for hydroxylation is 1. The average molecular weight is 540 g/mol. The second-order valence-corrected chi connectivity index (χ2v) is 10.9. The fraction of sp³-hybridized carbons (Fsp3) is 0.190. The van der Waals surface area contributed by atoms with Crippen molar-refractivity contribution >= 4 is 50.5 Å². The van der Waals surface area contributed by atoms with Crippen molar-refractivity contribution < 1.29 is 17.9 Å². The zero-order valence-corrected chi connectivity index (χ0v) is 21.2. The summed E-state index contributed by atoms with van der Waals surface area (Å²) in [5, 5.41) is 9.31. The minimum atomic E-state index is -3.81. The van der Waals surface area contributed by atoms with Gasteiger partial charge in [0, 0.05) is 5.02 Å². The fourth-order valence-electron chi connectivity index (χ4n) is 3.20. The Morgan fingerprint density at radius 2 is 1.71 bits per heavy atom. The molecule has 2 aromatic heterocycles. The molecule has 0 amide bonds. The van der Waals surface area contributed by atoms with E-state index in [1.54, 1.807) is 42.5 Å². The Balaban J connectivity index is 1.75. The first-order valence-corrected chi connectivity index (χ1v) is 13.1. The van der Waals surface area contributed by atoms with Gasteiger partial charge >= 0.3 is 0 Å². The molecular formula is C21H19Cl2N5O4S2.